The maximum Gasteiger partial charge on any atom is 0.254 e. The molecule has 5 nitrogen and oxygen atoms in total. The first-order valence-electron chi connectivity index (χ1n) is 9.08. The van der Waals surface area contributed by atoms with Gasteiger partial charge in [-0.2, -0.15) is 0 Å². The van der Waals surface area contributed by atoms with Crippen LogP contribution in [0.4, 0.5) is 5.69 Å². The van der Waals surface area contributed by atoms with Crippen molar-refractivity contribution in [1.29, 1.82) is 0 Å². The number of anilines is 1. The number of aryl methyl sites for hydroxylation is 1. The molecule has 0 aliphatic rings. The number of rotatable bonds is 7. The smallest absolute Gasteiger partial charge is 0.254 e. The standard InChI is InChI=1S/C22H25N3O2S/c1-16-23-19(15-28-16)14-27-21-7-5-6-18(12-21)22(26)25(4)13-17-8-10-20(11-9-17)24(2)3/h5-12,15H,13-14H2,1-4H3. The lowest BCUT2D eigenvalue weighted by atomic mass is 10.1. The van der Waals surface area contributed by atoms with Crippen LogP contribution >= 0.6 is 11.3 Å². The molecule has 0 atom stereocenters. The summed E-state index contributed by atoms with van der Waals surface area (Å²) >= 11 is 1.60. The number of aromatic nitrogens is 1. The molecule has 0 unspecified atom stereocenters. The van der Waals surface area contributed by atoms with Gasteiger partial charge in [0.15, 0.2) is 0 Å². The maximum atomic E-state index is 12.8. The lowest BCUT2D eigenvalue weighted by molar-refractivity contribution is 0.0784. The molecule has 0 spiro atoms. The number of hydrogen-bond donors (Lipinski definition) is 0. The summed E-state index contributed by atoms with van der Waals surface area (Å²) in [6.07, 6.45) is 0. The normalized spacial score (nSPS) is 10.6. The molecule has 0 saturated carbocycles. The molecule has 1 heterocycles. The van der Waals surface area contributed by atoms with Gasteiger partial charge in [-0.15, -0.1) is 11.3 Å². The molecule has 3 rings (SSSR count). The van der Waals surface area contributed by atoms with Crippen LogP contribution in [0.1, 0.15) is 26.6 Å². The van der Waals surface area contributed by atoms with Crippen LogP contribution < -0.4 is 9.64 Å². The molecule has 0 saturated heterocycles. The van der Waals surface area contributed by atoms with Crippen LogP contribution in [0, 0.1) is 6.92 Å². The van der Waals surface area contributed by atoms with Gasteiger partial charge in [0.1, 0.15) is 12.4 Å². The summed E-state index contributed by atoms with van der Waals surface area (Å²) in [4.78, 5) is 21.0. The largest absolute Gasteiger partial charge is 0.487 e. The van der Waals surface area contributed by atoms with Gasteiger partial charge in [-0.05, 0) is 42.8 Å². The highest BCUT2D eigenvalue weighted by Crippen LogP contribution is 2.19. The summed E-state index contributed by atoms with van der Waals surface area (Å²) in [6, 6.07) is 15.5. The molecule has 0 aliphatic carbocycles. The van der Waals surface area contributed by atoms with E-state index in [-0.39, 0.29) is 5.91 Å². The summed E-state index contributed by atoms with van der Waals surface area (Å²) in [6.45, 7) is 2.92. The molecular formula is C22H25N3O2S. The van der Waals surface area contributed by atoms with Gasteiger partial charge in [0.2, 0.25) is 0 Å². The SMILES string of the molecule is Cc1nc(COc2cccc(C(=O)N(C)Cc3ccc(N(C)C)cc3)c2)cs1. The van der Waals surface area contributed by atoms with Gasteiger partial charge in [0.05, 0.1) is 10.7 Å². The Labute approximate surface area is 170 Å². The van der Waals surface area contributed by atoms with Gasteiger partial charge in [0.25, 0.3) is 5.91 Å². The fraction of sp³-hybridized carbons (Fsp3) is 0.273. The minimum absolute atomic E-state index is 0.0355. The van der Waals surface area contributed by atoms with Crippen molar-refractivity contribution in [3.63, 3.8) is 0 Å². The fourth-order valence-electron chi connectivity index (χ4n) is 2.82. The lowest BCUT2D eigenvalue weighted by Gasteiger charge is -2.19. The Balaban J connectivity index is 1.62. The van der Waals surface area contributed by atoms with Crippen LogP contribution in [-0.4, -0.2) is 36.9 Å². The average molecular weight is 396 g/mol. The summed E-state index contributed by atoms with van der Waals surface area (Å²) in [5.74, 6) is 0.631. The number of benzene rings is 2. The van der Waals surface area contributed by atoms with E-state index in [4.69, 9.17) is 4.74 Å². The van der Waals surface area contributed by atoms with Crippen molar-refractivity contribution in [2.75, 3.05) is 26.0 Å². The number of amides is 1. The third kappa shape index (κ3) is 5.10. The van der Waals surface area contributed by atoms with Gasteiger partial charge in [-0.25, -0.2) is 4.98 Å². The van der Waals surface area contributed by atoms with Crippen molar-refractivity contribution in [3.05, 3.63) is 75.7 Å². The van der Waals surface area contributed by atoms with E-state index >= 15 is 0 Å². The second-order valence-corrected chi connectivity index (χ2v) is 7.96. The molecule has 28 heavy (non-hydrogen) atoms. The first-order valence-corrected chi connectivity index (χ1v) is 9.96. The number of carbonyl (C=O) groups excluding carboxylic acids is 1. The second kappa shape index (κ2) is 8.89. The van der Waals surface area contributed by atoms with Gasteiger partial charge in [0, 0.05) is 44.3 Å². The van der Waals surface area contributed by atoms with Crippen molar-refractivity contribution < 1.29 is 9.53 Å². The minimum Gasteiger partial charge on any atom is -0.487 e. The predicted molar refractivity (Wildman–Crippen MR) is 114 cm³/mol. The second-order valence-electron chi connectivity index (χ2n) is 6.90. The molecular weight excluding hydrogens is 370 g/mol. The zero-order valence-electron chi connectivity index (χ0n) is 16.7. The Hall–Kier alpha value is -2.86. The number of thiazole rings is 1. The van der Waals surface area contributed by atoms with E-state index in [0.29, 0.717) is 24.5 Å². The molecule has 0 fully saturated rings. The van der Waals surface area contributed by atoms with Crippen LogP contribution in [-0.2, 0) is 13.2 Å². The van der Waals surface area contributed by atoms with E-state index in [1.165, 1.54) is 0 Å². The molecule has 0 radical (unpaired) electrons. The van der Waals surface area contributed by atoms with E-state index in [0.717, 1.165) is 22.0 Å². The zero-order chi connectivity index (χ0) is 20.1. The van der Waals surface area contributed by atoms with Gasteiger partial charge in [-0.3, -0.25) is 4.79 Å². The number of ether oxygens (including phenoxy) is 1. The Kier molecular flexibility index (Phi) is 6.31. The highest BCUT2D eigenvalue weighted by atomic mass is 32.1. The topological polar surface area (TPSA) is 45.7 Å². The fourth-order valence-corrected chi connectivity index (χ4v) is 3.41. The molecule has 1 aromatic heterocycles. The van der Waals surface area contributed by atoms with Crippen molar-refractivity contribution in [1.82, 2.24) is 9.88 Å². The molecule has 6 heteroatoms. The predicted octanol–water partition coefficient (Wildman–Crippen LogP) is 4.37. The Bertz CT molecular complexity index is 935. The highest BCUT2D eigenvalue weighted by molar-refractivity contribution is 7.09. The zero-order valence-corrected chi connectivity index (χ0v) is 17.5. The highest BCUT2D eigenvalue weighted by Gasteiger charge is 2.13. The van der Waals surface area contributed by atoms with E-state index in [1.807, 2.05) is 51.6 Å². The van der Waals surface area contributed by atoms with Crippen LogP contribution in [0.25, 0.3) is 0 Å². The summed E-state index contributed by atoms with van der Waals surface area (Å²) in [5, 5.41) is 3.00. The van der Waals surface area contributed by atoms with Gasteiger partial charge < -0.3 is 14.5 Å². The van der Waals surface area contributed by atoms with Crippen molar-refractivity contribution >= 4 is 22.9 Å². The Morgan fingerprint density at radius 1 is 1.11 bits per heavy atom. The number of hydrogen-bond acceptors (Lipinski definition) is 5. The minimum atomic E-state index is -0.0355. The first-order chi connectivity index (χ1) is 13.4. The van der Waals surface area contributed by atoms with Crippen LogP contribution in [0.15, 0.2) is 53.9 Å². The summed E-state index contributed by atoms with van der Waals surface area (Å²) in [5.41, 5.74) is 3.74. The first kappa shape index (κ1) is 19.9. The van der Waals surface area contributed by atoms with E-state index < -0.39 is 0 Å². The van der Waals surface area contributed by atoms with E-state index in [1.54, 1.807) is 22.3 Å². The van der Waals surface area contributed by atoms with Gasteiger partial charge in [-0.1, -0.05) is 18.2 Å². The quantitative estimate of drug-likeness (QED) is 0.596. The molecule has 146 valence electrons. The lowest BCUT2D eigenvalue weighted by Crippen LogP contribution is -2.26. The molecule has 2 aromatic carbocycles. The van der Waals surface area contributed by atoms with Gasteiger partial charge >= 0.3 is 0 Å². The van der Waals surface area contributed by atoms with Crippen LogP contribution in [0.3, 0.4) is 0 Å². The van der Waals surface area contributed by atoms with Crippen molar-refractivity contribution in [3.8, 4) is 5.75 Å². The van der Waals surface area contributed by atoms with E-state index in [2.05, 4.69) is 34.1 Å². The Morgan fingerprint density at radius 3 is 2.50 bits per heavy atom. The number of nitrogens with zero attached hydrogens (tertiary/aromatic N) is 3. The van der Waals surface area contributed by atoms with E-state index in [9.17, 15) is 4.79 Å². The van der Waals surface area contributed by atoms with Crippen molar-refractivity contribution in [2.45, 2.75) is 20.1 Å². The third-order valence-electron chi connectivity index (χ3n) is 4.35. The molecule has 0 aliphatic heterocycles. The molecule has 3 aromatic rings. The average Bonchev–Trinajstić information content (AvgIpc) is 3.11. The number of carbonyl (C=O) groups is 1. The summed E-state index contributed by atoms with van der Waals surface area (Å²) < 4.78 is 5.80. The monoisotopic (exact) mass is 395 g/mol. The maximum absolute atomic E-state index is 12.8. The van der Waals surface area contributed by atoms with Crippen LogP contribution in [0.5, 0.6) is 5.75 Å². The third-order valence-corrected chi connectivity index (χ3v) is 5.18. The Morgan fingerprint density at radius 2 is 1.86 bits per heavy atom. The molecule has 1 amide bonds. The summed E-state index contributed by atoms with van der Waals surface area (Å²) in [7, 11) is 5.83. The van der Waals surface area contributed by atoms with Crippen molar-refractivity contribution in [2.24, 2.45) is 0 Å². The van der Waals surface area contributed by atoms with Crippen LogP contribution in [0.2, 0.25) is 0 Å². The molecule has 0 bridgehead atoms. The molecule has 0 N–H and O–H groups in total.